The standard InChI is InChI=1S/C20H19FN2O3S/c21-15-5-1-3-7-17(15)25-13-19(24)23-11-9-14(10-12-23)26-20-22-16-6-2-4-8-18(16)27-20/h1-8,14H,9-13H2. The Hall–Kier alpha value is -2.67. The number of thiazole rings is 1. The van der Waals surface area contributed by atoms with Crippen LogP contribution in [0.2, 0.25) is 0 Å². The predicted molar refractivity (Wildman–Crippen MR) is 102 cm³/mol. The smallest absolute Gasteiger partial charge is 0.274 e. The van der Waals surface area contributed by atoms with Crippen molar-refractivity contribution < 1.29 is 18.7 Å². The van der Waals surface area contributed by atoms with E-state index in [4.69, 9.17) is 9.47 Å². The first-order valence-electron chi connectivity index (χ1n) is 8.86. The Labute approximate surface area is 160 Å². The molecule has 1 saturated heterocycles. The molecule has 1 aliphatic heterocycles. The van der Waals surface area contributed by atoms with Crippen LogP contribution >= 0.6 is 11.3 Å². The number of piperidine rings is 1. The Morgan fingerprint density at radius 2 is 1.89 bits per heavy atom. The summed E-state index contributed by atoms with van der Waals surface area (Å²) in [5.41, 5.74) is 0.940. The lowest BCUT2D eigenvalue weighted by atomic mass is 10.1. The molecule has 0 unspecified atom stereocenters. The van der Waals surface area contributed by atoms with Gasteiger partial charge in [-0.1, -0.05) is 35.6 Å². The third-order valence-corrected chi connectivity index (χ3v) is 5.45. The van der Waals surface area contributed by atoms with Crippen molar-refractivity contribution in [2.45, 2.75) is 18.9 Å². The van der Waals surface area contributed by atoms with Gasteiger partial charge in [0.1, 0.15) is 6.10 Å². The van der Waals surface area contributed by atoms with Gasteiger partial charge in [0.2, 0.25) is 0 Å². The molecule has 27 heavy (non-hydrogen) atoms. The molecule has 3 aromatic rings. The van der Waals surface area contributed by atoms with Gasteiger partial charge >= 0.3 is 0 Å². The van der Waals surface area contributed by atoms with Crippen LogP contribution in [0.5, 0.6) is 10.9 Å². The molecule has 0 bridgehead atoms. The molecule has 5 nitrogen and oxygen atoms in total. The topological polar surface area (TPSA) is 51.7 Å². The van der Waals surface area contributed by atoms with E-state index in [1.165, 1.54) is 23.5 Å². The van der Waals surface area contributed by atoms with E-state index in [1.54, 1.807) is 17.0 Å². The highest BCUT2D eigenvalue weighted by atomic mass is 32.1. The molecule has 1 fully saturated rings. The molecule has 1 aromatic heterocycles. The number of carbonyl (C=O) groups excluding carboxylic acids is 1. The first-order chi connectivity index (χ1) is 13.2. The fraction of sp³-hybridized carbons (Fsp3) is 0.300. The maximum Gasteiger partial charge on any atom is 0.274 e. The van der Waals surface area contributed by atoms with Gasteiger partial charge in [-0.3, -0.25) is 4.79 Å². The highest BCUT2D eigenvalue weighted by molar-refractivity contribution is 7.20. The summed E-state index contributed by atoms with van der Waals surface area (Å²) >= 11 is 1.54. The summed E-state index contributed by atoms with van der Waals surface area (Å²) in [5.74, 6) is -0.509. The summed E-state index contributed by atoms with van der Waals surface area (Å²) in [5, 5.41) is 0.670. The van der Waals surface area contributed by atoms with Crippen LogP contribution in [0.3, 0.4) is 0 Å². The first kappa shape index (κ1) is 17.7. The minimum Gasteiger partial charge on any atom is -0.481 e. The zero-order valence-electron chi connectivity index (χ0n) is 14.6. The minimum absolute atomic E-state index is 0.0436. The molecule has 2 heterocycles. The molecule has 0 atom stereocenters. The highest BCUT2D eigenvalue weighted by Crippen LogP contribution is 2.29. The highest BCUT2D eigenvalue weighted by Gasteiger charge is 2.25. The van der Waals surface area contributed by atoms with Crippen LogP contribution in [-0.4, -0.2) is 41.6 Å². The maximum absolute atomic E-state index is 13.5. The van der Waals surface area contributed by atoms with Gasteiger partial charge in [-0.2, -0.15) is 0 Å². The summed E-state index contributed by atoms with van der Waals surface area (Å²) in [7, 11) is 0. The van der Waals surface area contributed by atoms with E-state index in [2.05, 4.69) is 4.98 Å². The first-order valence-corrected chi connectivity index (χ1v) is 9.68. The number of para-hydroxylation sites is 2. The van der Waals surface area contributed by atoms with Gasteiger partial charge in [0.15, 0.2) is 18.2 Å². The molecule has 0 saturated carbocycles. The summed E-state index contributed by atoms with van der Waals surface area (Å²) in [6.07, 6.45) is 1.52. The largest absolute Gasteiger partial charge is 0.481 e. The zero-order valence-corrected chi connectivity index (χ0v) is 15.5. The zero-order chi connectivity index (χ0) is 18.6. The number of hydrogen-bond acceptors (Lipinski definition) is 5. The summed E-state index contributed by atoms with van der Waals surface area (Å²) < 4.78 is 26.0. The van der Waals surface area contributed by atoms with Crippen molar-refractivity contribution in [1.82, 2.24) is 9.88 Å². The van der Waals surface area contributed by atoms with Crippen molar-refractivity contribution >= 4 is 27.5 Å². The van der Waals surface area contributed by atoms with Crippen molar-refractivity contribution in [2.24, 2.45) is 0 Å². The number of halogens is 1. The molecular weight excluding hydrogens is 367 g/mol. The number of carbonyl (C=O) groups is 1. The second-order valence-corrected chi connectivity index (χ2v) is 7.36. The lowest BCUT2D eigenvalue weighted by Gasteiger charge is -2.31. The molecule has 4 rings (SSSR count). The average Bonchev–Trinajstić information content (AvgIpc) is 3.10. The Kier molecular flexibility index (Phi) is 5.20. The van der Waals surface area contributed by atoms with Crippen molar-refractivity contribution in [3.05, 3.63) is 54.3 Å². The van der Waals surface area contributed by atoms with E-state index in [0.717, 1.165) is 23.1 Å². The van der Waals surface area contributed by atoms with Crippen LogP contribution in [0.25, 0.3) is 10.2 Å². The van der Waals surface area contributed by atoms with Gasteiger partial charge in [-0.25, -0.2) is 9.37 Å². The SMILES string of the molecule is O=C(COc1ccccc1F)N1CCC(Oc2nc3ccccc3s2)CC1. The molecule has 1 amide bonds. The van der Waals surface area contributed by atoms with Crippen LogP contribution in [0, 0.1) is 5.82 Å². The number of likely N-dealkylation sites (tertiary alicyclic amines) is 1. The number of nitrogens with zero attached hydrogens (tertiary/aromatic N) is 2. The van der Waals surface area contributed by atoms with Gasteiger partial charge in [-0.15, -0.1) is 0 Å². The second kappa shape index (κ2) is 7.92. The van der Waals surface area contributed by atoms with Crippen molar-refractivity contribution in [1.29, 1.82) is 0 Å². The Balaban J connectivity index is 1.27. The van der Waals surface area contributed by atoms with E-state index in [0.29, 0.717) is 18.3 Å². The normalized spacial score (nSPS) is 15.1. The van der Waals surface area contributed by atoms with E-state index in [1.807, 2.05) is 24.3 Å². The number of hydrogen-bond donors (Lipinski definition) is 0. The fourth-order valence-corrected chi connectivity index (χ4v) is 3.94. The number of aromatic nitrogens is 1. The molecule has 140 valence electrons. The lowest BCUT2D eigenvalue weighted by Crippen LogP contribution is -2.43. The third kappa shape index (κ3) is 4.19. The lowest BCUT2D eigenvalue weighted by molar-refractivity contribution is -0.135. The van der Waals surface area contributed by atoms with E-state index >= 15 is 0 Å². The van der Waals surface area contributed by atoms with Crippen LogP contribution in [0.1, 0.15) is 12.8 Å². The van der Waals surface area contributed by atoms with Gasteiger partial charge in [0.05, 0.1) is 10.2 Å². The van der Waals surface area contributed by atoms with Crippen LogP contribution in [-0.2, 0) is 4.79 Å². The summed E-state index contributed by atoms with van der Waals surface area (Å²) in [4.78, 5) is 18.5. The summed E-state index contributed by atoms with van der Waals surface area (Å²) in [6.45, 7) is 1.02. The van der Waals surface area contributed by atoms with Gasteiger partial charge in [-0.05, 0) is 24.3 Å². The number of benzene rings is 2. The molecule has 2 aromatic carbocycles. The Morgan fingerprint density at radius 1 is 1.15 bits per heavy atom. The van der Waals surface area contributed by atoms with Crippen molar-refractivity contribution in [3.63, 3.8) is 0 Å². The average molecular weight is 386 g/mol. The number of ether oxygens (including phenoxy) is 2. The van der Waals surface area contributed by atoms with E-state index in [9.17, 15) is 9.18 Å². The minimum atomic E-state index is -0.465. The van der Waals surface area contributed by atoms with Gasteiger partial charge < -0.3 is 14.4 Å². The van der Waals surface area contributed by atoms with Gasteiger partial charge in [0.25, 0.3) is 11.1 Å². The fourth-order valence-electron chi connectivity index (χ4n) is 3.06. The van der Waals surface area contributed by atoms with E-state index in [-0.39, 0.29) is 24.4 Å². The number of rotatable bonds is 5. The predicted octanol–water partition coefficient (Wildman–Crippen LogP) is 3.88. The second-order valence-electron chi connectivity index (χ2n) is 6.36. The Bertz CT molecular complexity index is 905. The molecule has 1 aliphatic rings. The van der Waals surface area contributed by atoms with Gasteiger partial charge in [0, 0.05) is 25.9 Å². The molecular formula is C20H19FN2O3S. The monoisotopic (exact) mass is 386 g/mol. The maximum atomic E-state index is 13.5. The van der Waals surface area contributed by atoms with Crippen LogP contribution in [0.4, 0.5) is 4.39 Å². The Morgan fingerprint density at radius 3 is 2.67 bits per heavy atom. The van der Waals surface area contributed by atoms with Crippen LogP contribution in [0.15, 0.2) is 48.5 Å². The van der Waals surface area contributed by atoms with Crippen LogP contribution < -0.4 is 9.47 Å². The molecule has 0 aliphatic carbocycles. The quantitative estimate of drug-likeness (QED) is 0.668. The number of amides is 1. The molecule has 0 N–H and O–H groups in total. The summed E-state index contributed by atoms with van der Waals surface area (Å²) in [6, 6.07) is 14.0. The molecule has 0 spiro atoms. The van der Waals surface area contributed by atoms with Crippen molar-refractivity contribution in [2.75, 3.05) is 19.7 Å². The van der Waals surface area contributed by atoms with E-state index < -0.39 is 5.82 Å². The molecule has 7 heteroatoms. The van der Waals surface area contributed by atoms with Crippen molar-refractivity contribution in [3.8, 4) is 10.9 Å². The molecule has 0 radical (unpaired) electrons. The number of fused-ring (bicyclic) bond motifs is 1. The third-order valence-electron chi connectivity index (χ3n) is 4.52.